The lowest BCUT2D eigenvalue weighted by molar-refractivity contribution is 0.257. The maximum absolute atomic E-state index is 12.0. The van der Waals surface area contributed by atoms with E-state index in [0.717, 1.165) is 0 Å². The second-order valence-corrected chi connectivity index (χ2v) is 5.08. The molecule has 90 valence electrons. The van der Waals surface area contributed by atoms with Crippen LogP contribution in [-0.2, 0) is 10.0 Å². The van der Waals surface area contributed by atoms with E-state index in [0.29, 0.717) is 6.54 Å². The molecular weight excluding hydrogens is 230 g/mol. The van der Waals surface area contributed by atoms with E-state index in [1.165, 1.54) is 22.6 Å². The van der Waals surface area contributed by atoms with Crippen molar-refractivity contribution in [2.75, 3.05) is 25.4 Å². The molecule has 0 atom stereocenters. The molecular formula is C9H15N3O3S. The second kappa shape index (κ2) is 5.24. The quantitative estimate of drug-likeness (QED) is 0.740. The van der Waals surface area contributed by atoms with Crippen LogP contribution in [0.4, 0.5) is 5.82 Å². The van der Waals surface area contributed by atoms with Crippen LogP contribution in [-0.4, -0.2) is 42.5 Å². The first-order chi connectivity index (χ1) is 7.52. The van der Waals surface area contributed by atoms with E-state index < -0.39 is 10.0 Å². The van der Waals surface area contributed by atoms with Gasteiger partial charge in [0.05, 0.1) is 6.61 Å². The molecule has 0 aliphatic heterocycles. The van der Waals surface area contributed by atoms with Crippen LogP contribution < -0.4 is 5.73 Å². The van der Waals surface area contributed by atoms with Gasteiger partial charge in [0.2, 0.25) is 10.0 Å². The molecule has 0 unspecified atom stereocenters. The van der Waals surface area contributed by atoms with Gasteiger partial charge in [-0.05, 0) is 12.1 Å². The minimum absolute atomic E-state index is 0.0726. The first-order valence-corrected chi connectivity index (χ1v) is 6.29. The number of anilines is 1. The summed E-state index contributed by atoms with van der Waals surface area (Å²) < 4.78 is 25.2. The number of aliphatic hydroxyl groups is 1. The average molecular weight is 245 g/mol. The van der Waals surface area contributed by atoms with Gasteiger partial charge in [0.25, 0.3) is 0 Å². The van der Waals surface area contributed by atoms with Crippen molar-refractivity contribution in [3.63, 3.8) is 0 Å². The molecule has 0 aliphatic rings. The van der Waals surface area contributed by atoms with Crippen LogP contribution >= 0.6 is 0 Å². The zero-order valence-corrected chi connectivity index (χ0v) is 9.81. The molecule has 0 amide bonds. The van der Waals surface area contributed by atoms with Crippen molar-refractivity contribution < 1.29 is 13.5 Å². The van der Waals surface area contributed by atoms with Gasteiger partial charge < -0.3 is 10.8 Å². The molecule has 0 aliphatic carbocycles. The van der Waals surface area contributed by atoms with Gasteiger partial charge in [-0.15, -0.1) is 0 Å². The van der Waals surface area contributed by atoms with Gasteiger partial charge in [0, 0.05) is 19.3 Å². The summed E-state index contributed by atoms with van der Waals surface area (Å²) in [5.74, 6) is 0.268. The van der Waals surface area contributed by atoms with Gasteiger partial charge in [-0.3, -0.25) is 0 Å². The molecule has 0 fully saturated rings. The number of aromatic nitrogens is 1. The first kappa shape index (κ1) is 12.9. The summed E-state index contributed by atoms with van der Waals surface area (Å²) >= 11 is 0. The molecule has 6 nitrogen and oxygen atoms in total. The average Bonchev–Trinajstić information content (AvgIpc) is 2.26. The van der Waals surface area contributed by atoms with E-state index in [1.54, 1.807) is 6.92 Å². The van der Waals surface area contributed by atoms with Crippen LogP contribution in [0.3, 0.4) is 0 Å². The van der Waals surface area contributed by atoms with Crippen LogP contribution in [0.25, 0.3) is 0 Å². The maximum Gasteiger partial charge on any atom is 0.244 e. The fourth-order valence-corrected chi connectivity index (χ4v) is 2.64. The van der Waals surface area contributed by atoms with E-state index in [9.17, 15) is 8.42 Å². The minimum Gasteiger partial charge on any atom is -0.395 e. The van der Waals surface area contributed by atoms with E-state index >= 15 is 0 Å². The van der Waals surface area contributed by atoms with Crippen LogP contribution in [0.2, 0.25) is 0 Å². The van der Waals surface area contributed by atoms with Gasteiger partial charge in [0.15, 0.2) is 0 Å². The van der Waals surface area contributed by atoms with Gasteiger partial charge in [0.1, 0.15) is 10.7 Å². The van der Waals surface area contributed by atoms with E-state index in [-0.39, 0.29) is 23.9 Å². The molecule has 1 aromatic heterocycles. The number of nitrogen functional groups attached to an aromatic ring is 1. The Balaban J connectivity index is 3.04. The monoisotopic (exact) mass is 245 g/mol. The van der Waals surface area contributed by atoms with E-state index in [4.69, 9.17) is 10.8 Å². The molecule has 0 aromatic carbocycles. The number of sulfonamides is 1. The lowest BCUT2D eigenvalue weighted by Gasteiger charge is -2.18. The number of nitrogens with two attached hydrogens (primary N) is 1. The first-order valence-electron chi connectivity index (χ1n) is 4.85. The van der Waals surface area contributed by atoms with Gasteiger partial charge in [-0.25, -0.2) is 13.4 Å². The highest BCUT2D eigenvalue weighted by molar-refractivity contribution is 7.89. The largest absolute Gasteiger partial charge is 0.395 e. The number of pyridine rings is 1. The zero-order chi connectivity index (χ0) is 12.2. The smallest absolute Gasteiger partial charge is 0.244 e. The molecule has 1 aromatic rings. The second-order valence-electron chi connectivity index (χ2n) is 3.14. The number of likely N-dealkylation sites (N-methyl/N-ethyl adjacent to an activating group) is 1. The lowest BCUT2D eigenvalue weighted by atomic mass is 10.5. The Bertz CT molecular complexity index is 430. The van der Waals surface area contributed by atoms with Crippen LogP contribution in [0, 0.1) is 0 Å². The summed E-state index contributed by atoms with van der Waals surface area (Å²) in [5, 5.41) is 8.78. The topological polar surface area (TPSA) is 96.5 Å². The van der Waals surface area contributed by atoms with Crippen LogP contribution in [0.15, 0.2) is 23.2 Å². The van der Waals surface area contributed by atoms with Crippen molar-refractivity contribution in [3.05, 3.63) is 18.3 Å². The van der Waals surface area contributed by atoms with Crippen molar-refractivity contribution >= 4 is 15.8 Å². The Morgan fingerprint density at radius 2 is 2.19 bits per heavy atom. The Morgan fingerprint density at radius 3 is 2.62 bits per heavy atom. The predicted molar refractivity (Wildman–Crippen MR) is 60.2 cm³/mol. The van der Waals surface area contributed by atoms with E-state index in [2.05, 4.69) is 4.98 Å². The Kier molecular flexibility index (Phi) is 4.22. The Labute approximate surface area is 94.8 Å². The highest BCUT2D eigenvalue weighted by Crippen LogP contribution is 2.14. The number of nitrogens with zero attached hydrogens (tertiary/aromatic N) is 2. The molecule has 1 rings (SSSR count). The number of hydrogen-bond donors (Lipinski definition) is 2. The molecule has 3 N–H and O–H groups in total. The van der Waals surface area contributed by atoms with E-state index in [1.807, 2.05) is 0 Å². The SMILES string of the molecule is CCN(CCO)S(=O)(=O)c1ccc(N)nc1. The lowest BCUT2D eigenvalue weighted by Crippen LogP contribution is -2.33. The molecule has 0 saturated heterocycles. The summed E-state index contributed by atoms with van der Waals surface area (Å²) in [6, 6.07) is 2.83. The zero-order valence-electron chi connectivity index (χ0n) is 9.00. The van der Waals surface area contributed by atoms with Crippen molar-refractivity contribution in [2.45, 2.75) is 11.8 Å². The highest BCUT2D eigenvalue weighted by Gasteiger charge is 2.22. The summed E-state index contributed by atoms with van der Waals surface area (Å²) in [7, 11) is -3.57. The third kappa shape index (κ3) is 2.69. The third-order valence-corrected chi connectivity index (χ3v) is 4.06. The fraction of sp³-hybridized carbons (Fsp3) is 0.444. The van der Waals surface area contributed by atoms with Gasteiger partial charge >= 0.3 is 0 Å². The normalized spacial score (nSPS) is 11.9. The number of hydrogen-bond acceptors (Lipinski definition) is 5. The van der Waals surface area contributed by atoms with Crippen molar-refractivity contribution in [1.82, 2.24) is 9.29 Å². The van der Waals surface area contributed by atoms with Crippen molar-refractivity contribution in [1.29, 1.82) is 0 Å². The molecule has 0 radical (unpaired) electrons. The minimum atomic E-state index is -3.57. The predicted octanol–water partition coefficient (Wildman–Crippen LogP) is -0.333. The fourth-order valence-electron chi connectivity index (χ4n) is 1.25. The van der Waals surface area contributed by atoms with Crippen LogP contribution in [0.5, 0.6) is 0 Å². The van der Waals surface area contributed by atoms with Gasteiger partial charge in [-0.1, -0.05) is 6.92 Å². The van der Waals surface area contributed by atoms with Crippen molar-refractivity contribution in [2.24, 2.45) is 0 Å². The summed E-state index contributed by atoms with van der Waals surface area (Å²) in [4.78, 5) is 3.81. The third-order valence-electron chi connectivity index (χ3n) is 2.10. The summed E-state index contributed by atoms with van der Waals surface area (Å²) in [5.41, 5.74) is 5.38. The standard InChI is InChI=1S/C9H15N3O3S/c1-2-12(5-6-13)16(14,15)8-3-4-9(10)11-7-8/h3-4,7,13H,2,5-6H2,1H3,(H2,10,11). The Hall–Kier alpha value is -1.18. The molecule has 16 heavy (non-hydrogen) atoms. The number of rotatable bonds is 5. The van der Waals surface area contributed by atoms with Gasteiger partial charge in [-0.2, -0.15) is 4.31 Å². The summed E-state index contributed by atoms with van der Waals surface area (Å²) in [6.07, 6.45) is 1.21. The molecule has 0 bridgehead atoms. The highest BCUT2D eigenvalue weighted by atomic mass is 32.2. The molecule has 0 spiro atoms. The van der Waals surface area contributed by atoms with Crippen LogP contribution in [0.1, 0.15) is 6.92 Å². The Morgan fingerprint density at radius 1 is 1.50 bits per heavy atom. The maximum atomic E-state index is 12.0. The van der Waals surface area contributed by atoms with Crippen molar-refractivity contribution in [3.8, 4) is 0 Å². The molecule has 7 heteroatoms. The summed E-state index contributed by atoms with van der Waals surface area (Å²) in [6.45, 7) is 1.86. The molecule has 0 saturated carbocycles. The number of aliphatic hydroxyl groups excluding tert-OH is 1. The molecule has 1 heterocycles.